The predicted molar refractivity (Wildman–Crippen MR) is 90.5 cm³/mol. The fourth-order valence-corrected chi connectivity index (χ4v) is 1.65. The van der Waals surface area contributed by atoms with Crippen molar-refractivity contribution < 1.29 is 27.6 Å². The van der Waals surface area contributed by atoms with Crippen molar-refractivity contribution in [2.24, 2.45) is 0 Å². The highest BCUT2D eigenvalue weighted by molar-refractivity contribution is 5.73. The quantitative estimate of drug-likeness (QED) is 0.793. The molecule has 0 radical (unpaired) electrons. The summed E-state index contributed by atoms with van der Waals surface area (Å²) < 4.78 is 36.8. The highest BCUT2D eigenvalue weighted by Crippen LogP contribution is 2.18. The van der Waals surface area contributed by atoms with Crippen LogP contribution in [0.3, 0.4) is 0 Å². The number of aromatic nitrogens is 4. The van der Waals surface area contributed by atoms with Crippen molar-refractivity contribution in [1.29, 1.82) is 0 Å². The molecule has 0 atom stereocenters. The Hall–Kier alpha value is -2.92. The zero-order chi connectivity index (χ0) is 20.8. The summed E-state index contributed by atoms with van der Waals surface area (Å²) in [5.74, 6) is -0.00945. The predicted octanol–water partition coefficient (Wildman–Crippen LogP) is 2.35. The number of alkyl halides is 3. The lowest BCUT2D eigenvalue weighted by molar-refractivity contribution is -0.192. The molecule has 0 unspecified atom stereocenters. The number of hydrogen-bond acceptors (Lipinski definition) is 8. The van der Waals surface area contributed by atoms with Crippen LogP contribution < -0.4 is 10.2 Å². The smallest absolute Gasteiger partial charge is 0.475 e. The first-order chi connectivity index (χ1) is 12.5. The summed E-state index contributed by atoms with van der Waals surface area (Å²) in [6.07, 6.45) is -4.34. The van der Waals surface area contributed by atoms with Crippen molar-refractivity contribution in [3.05, 3.63) is 23.0 Å². The van der Waals surface area contributed by atoms with Crippen LogP contribution in [0.1, 0.15) is 29.9 Å². The van der Waals surface area contributed by atoms with E-state index < -0.39 is 12.1 Å². The zero-order valence-electron chi connectivity index (χ0n) is 15.5. The van der Waals surface area contributed by atoms with E-state index in [-0.39, 0.29) is 0 Å². The summed E-state index contributed by atoms with van der Waals surface area (Å²) in [5, 5.41) is 14.3. The molecule has 12 heteroatoms. The maximum absolute atomic E-state index is 10.6. The summed E-state index contributed by atoms with van der Waals surface area (Å²) in [4.78, 5) is 24.0. The first-order valence-electron chi connectivity index (χ1n) is 7.83. The van der Waals surface area contributed by atoms with Crippen LogP contribution in [0, 0.1) is 13.8 Å². The number of carboxylic acids is 1. The van der Waals surface area contributed by atoms with Crippen molar-refractivity contribution in [2.75, 3.05) is 24.3 Å². The number of aryl methyl sites for hydroxylation is 2. The van der Waals surface area contributed by atoms with Crippen LogP contribution >= 0.6 is 0 Å². The van der Waals surface area contributed by atoms with Crippen molar-refractivity contribution in [3.63, 3.8) is 0 Å². The molecule has 0 saturated heterocycles. The van der Waals surface area contributed by atoms with Gasteiger partial charge in [-0.2, -0.15) is 23.1 Å². The monoisotopic (exact) mass is 390 g/mol. The van der Waals surface area contributed by atoms with Crippen LogP contribution in [-0.4, -0.2) is 51.5 Å². The second-order valence-corrected chi connectivity index (χ2v) is 5.59. The number of nitrogens with zero attached hydrogens (tertiary/aromatic N) is 5. The Morgan fingerprint density at radius 3 is 2.26 bits per heavy atom. The number of anilines is 2. The summed E-state index contributed by atoms with van der Waals surface area (Å²) in [6.45, 7) is 6.42. The van der Waals surface area contributed by atoms with E-state index in [0.29, 0.717) is 24.2 Å². The maximum atomic E-state index is 10.6. The molecule has 2 N–H and O–H groups in total. The van der Waals surface area contributed by atoms with Gasteiger partial charge in [-0.05, 0) is 13.8 Å². The fourth-order valence-electron chi connectivity index (χ4n) is 1.65. The van der Waals surface area contributed by atoms with Gasteiger partial charge in [-0.25, -0.2) is 9.78 Å². The molecule has 2 rings (SSSR count). The Kier molecular flexibility index (Phi) is 7.49. The normalized spacial score (nSPS) is 10.8. The third-order valence-electron chi connectivity index (χ3n) is 3.25. The molecule has 2 aromatic heterocycles. The molecule has 0 bridgehead atoms. The van der Waals surface area contributed by atoms with E-state index in [1.165, 1.54) is 0 Å². The number of halogens is 3. The summed E-state index contributed by atoms with van der Waals surface area (Å²) in [6, 6.07) is 0. The number of aliphatic carboxylic acids is 1. The lowest BCUT2D eigenvalue weighted by Gasteiger charge is -2.15. The number of rotatable bonds is 5. The van der Waals surface area contributed by atoms with Crippen LogP contribution in [0.15, 0.2) is 4.52 Å². The molecule has 0 amide bonds. The van der Waals surface area contributed by atoms with E-state index in [1.54, 1.807) is 0 Å². The van der Waals surface area contributed by atoms with Crippen molar-refractivity contribution in [2.45, 2.75) is 39.9 Å². The molecule has 0 saturated carbocycles. The Morgan fingerprint density at radius 2 is 1.81 bits per heavy atom. The van der Waals surface area contributed by atoms with Crippen LogP contribution in [0.5, 0.6) is 0 Å². The van der Waals surface area contributed by atoms with Gasteiger partial charge in [0.25, 0.3) is 0 Å². The minimum Gasteiger partial charge on any atom is -0.475 e. The molecule has 0 aliphatic rings. The molecule has 0 aromatic carbocycles. The lowest BCUT2D eigenvalue weighted by Crippen LogP contribution is -2.21. The average Bonchev–Trinajstić information content (AvgIpc) is 3.03. The van der Waals surface area contributed by atoms with Crippen LogP contribution in [0.2, 0.25) is 0 Å². The Balaban J connectivity index is 0.000000445. The summed E-state index contributed by atoms with van der Waals surface area (Å²) >= 11 is 0. The fraction of sp³-hybridized carbons (Fsp3) is 0.533. The molecule has 2 aromatic rings. The van der Waals surface area contributed by atoms with Gasteiger partial charge in [0.2, 0.25) is 11.8 Å². The average molecular weight is 390 g/mol. The highest BCUT2D eigenvalue weighted by Gasteiger charge is 2.38. The van der Waals surface area contributed by atoms with Gasteiger partial charge in [-0.1, -0.05) is 12.1 Å². The maximum Gasteiger partial charge on any atom is 0.490 e. The highest BCUT2D eigenvalue weighted by atomic mass is 19.4. The van der Waals surface area contributed by atoms with E-state index in [1.807, 2.05) is 39.8 Å². The summed E-state index contributed by atoms with van der Waals surface area (Å²) in [5.41, 5.74) is 1.98. The van der Waals surface area contributed by atoms with Gasteiger partial charge >= 0.3 is 12.1 Å². The minimum absolute atomic E-state index is 0.480. The zero-order valence-corrected chi connectivity index (χ0v) is 15.5. The lowest BCUT2D eigenvalue weighted by atomic mass is 10.2. The number of nitrogens with one attached hydrogen (secondary N) is 1. The van der Waals surface area contributed by atoms with Gasteiger partial charge in [-0.15, -0.1) is 0 Å². The van der Waals surface area contributed by atoms with E-state index in [0.717, 1.165) is 23.5 Å². The minimum atomic E-state index is -5.08. The van der Waals surface area contributed by atoms with E-state index in [9.17, 15) is 13.2 Å². The molecular weight excluding hydrogens is 369 g/mol. The van der Waals surface area contributed by atoms with Gasteiger partial charge in [-0.3, -0.25) is 0 Å². The van der Waals surface area contributed by atoms with Gasteiger partial charge in [0.1, 0.15) is 5.82 Å². The third kappa shape index (κ3) is 6.72. The van der Waals surface area contributed by atoms with Crippen molar-refractivity contribution in [1.82, 2.24) is 20.1 Å². The van der Waals surface area contributed by atoms with Crippen LogP contribution in [0.4, 0.5) is 24.9 Å². The number of carbonyl (C=O) groups is 1. The second-order valence-electron chi connectivity index (χ2n) is 5.59. The first-order valence-corrected chi connectivity index (χ1v) is 7.83. The largest absolute Gasteiger partial charge is 0.490 e. The molecule has 0 aliphatic carbocycles. The van der Waals surface area contributed by atoms with Crippen molar-refractivity contribution >= 4 is 17.7 Å². The summed E-state index contributed by atoms with van der Waals surface area (Å²) in [7, 11) is 3.83. The molecule has 150 valence electrons. The molecule has 0 aliphatic heterocycles. The topological polar surface area (TPSA) is 117 Å². The second kappa shape index (κ2) is 9.14. The van der Waals surface area contributed by atoms with Gasteiger partial charge in [0, 0.05) is 31.8 Å². The van der Waals surface area contributed by atoms with Gasteiger partial charge in [0.05, 0.1) is 6.54 Å². The van der Waals surface area contributed by atoms with E-state index >= 15 is 0 Å². The van der Waals surface area contributed by atoms with Crippen molar-refractivity contribution in [3.8, 4) is 0 Å². The van der Waals surface area contributed by atoms with Gasteiger partial charge in [0.15, 0.2) is 5.82 Å². The molecule has 27 heavy (non-hydrogen) atoms. The molecular formula is C15H21F3N6O3. The number of carboxylic acid groups (broad SMARTS) is 1. The molecule has 0 spiro atoms. The van der Waals surface area contributed by atoms with Crippen LogP contribution in [-0.2, 0) is 17.8 Å². The standard InChI is InChI=1S/C13H20N6O.C2HF3O2/c1-6-11-16-10(18-20-11)7-14-12-8(2)9(3)15-13(17-12)19(4)5;3-2(4,5)1(6)7/h6-7H2,1-5H3,(H,14,15,17);(H,6,7). The SMILES string of the molecule is CCc1nc(CNc2nc(N(C)C)nc(C)c2C)no1.O=C(O)C(F)(F)F. The number of hydrogen-bond donors (Lipinski definition) is 2. The molecule has 9 nitrogen and oxygen atoms in total. The Morgan fingerprint density at radius 1 is 1.22 bits per heavy atom. The first kappa shape index (κ1) is 22.1. The Labute approximate surface area is 153 Å². The third-order valence-corrected chi connectivity index (χ3v) is 3.25. The van der Waals surface area contributed by atoms with Crippen LogP contribution in [0.25, 0.3) is 0 Å². The van der Waals surface area contributed by atoms with E-state index in [2.05, 4.69) is 25.4 Å². The molecule has 2 heterocycles. The van der Waals surface area contributed by atoms with Gasteiger partial charge < -0.3 is 19.8 Å². The Bertz CT molecular complexity index is 777. The van der Waals surface area contributed by atoms with E-state index in [4.69, 9.17) is 14.4 Å². The molecule has 0 fully saturated rings.